The zero-order valence-electron chi connectivity index (χ0n) is 8.95. The highest BCUT2D eigenvalue weighted by molar-refractivity contribution is 5.31. The van der Waals surface area contributed by atoms with Crippen LogP contribution in [-0.4, -0.2) is 4.98 Å². The highest BCUT2D eigenvalue weighted by atomic mass is 19.4. The van der Waals surface area contributed by atoms with Gasteiger partial charge in [-0.25, -0.2) is 0 Å². The van der Waals surface area contributed by atoms with Gasteiger partial charge in [-0.1, -0.05) is 13.8 Å². The van der Waals surface area contributed by atoms with Crippen molar-refractivity contribution in [1.29, 1.82) is 0 Å². The summed E-state index contributed by atoms with van der Waals surface area (Å²) in [6, 6.07) is 0.0995. The summed E-state index contributed by atoms with van der Waals surface area (Å²) < 4.78 is 74.6. The first-order valence-electron chi connectivity index (χ1n) is 4.68. The zero-order chi connectivity index (χ0) is 13.4. The number of aromatic nitrogens is 1. The van der Waals surface area contributed by atoms with Gasteiger partial charge in [0.2, 0.25) is 0 Å². The Morgan fingerprint density at radius 2 is 1.53 bits per heavy atom. The second-order valence-electron chi connectivity index (χ2n) is 3.81. The molecular weight excluding hydrogens is 248 g/mol. The number of rotatable bonds is 1. The molecule has 7 heteroatoms. The fraction of sp³-hybridized carbons (Fsp3) is 0.500. The predicted octanol–water partition coefficient (Wildman–Crippen LogP) is 4.24. The second kappa shape index (κ2) is 4.19. The Morgan fingerprint density at radius 3 is 1.88 bits per heavy atom. The summed E-state index contributed by atoms with van der Waals surface area (Å²) in [5, 5.41) is 0. The molecule has 0 bridgehead atoms. The monoisotopic (exact) mass is 257 g/mol. The molecule has 0 radical (unpaired) electrons. The third-order valence-corrected chi connectivity index (χ3v) is 2.10. The van der Waals surface area contributed by atoms with E-state index in [9.17, 15) is 26.3 Å². The van der Waals surface area contributed by atoms with Gasteiger partial charge in [0.05, 0.1) is 16.8 Å². The number of pyridine rings is 1. The van der Waals surface area contributed by atoms with Crippen molar-refractivity contribution in [1.82, 2.24) is 4.98 Å². The molecule has 0 aliphatic rings. The normalized spacial score (nSPS) is 13.2. The Hall–Kier alpha value is -1.27. The molecule has 96 valence electrons. The van der Waals surface area contributed by atoms with E-state index in [1.807, 2.05) is 0 Å². The van der Waals surface area contributed by atoms with E-state index < -0.39 is 29.4 Å². The van der Waals surface area contributed by atoms with Gasteiger partial charge in [0, 0.05) is 6.20 Å². The topological polar surface area (TPSA) is 12.9 Å². The maximum absolute atomic E-state index is 12.6. The molecule has 0 fully saturated rings. The molecule has 1 nitrogen and oxygen atoms in total. The second-order valence-corrected chi connectivity index (χ2v) is 3.81. The number of hydrogen-bond donors (Lipinski definition) is 0. The van der Waals surface area contributed by atoms with E-state index in [1.165, 1.54) is 13.8 Å². The molecule has 0 unspecified atom stereocenters. The van der Waals surface area contributed by atoms with Crippen LogP contribution >= 0.6 is 0 Å². The van der Waals surface area contributed by atoms with Crippen molar-refractivity contribution in [3.63, 3.8) is 0 Å². The van der Waals surface area contributed by atoms with Crippen molar-refractivity contribution in [3.05, 3.63) is 29.1 Å². The lowest BCUT2D eigenvalue weighted by Gasteiger charge is -2.16. The van der Waals surface area contributed by atoms with E-state index in [4.69, 9.17) is 0 Å². The van der Waals surface area contributed by atoms with Crippen molar-refractivity contribution >= 4 is 0 Å². The van der Waals surface area contributed by atoms with Crippen LogP contribution in [0.4, 0.5) is 26.3 Å². The van der Waals surface area contributed by atoms with Crippen LogP contribution in [0.1, 0.15) is 36.6 Å². The van der Waals surface area contributed by atoms with Crippen LogP contribution in [-0.2, 0) is 12.4 Å². The summed E-state index contributed by atoms with van der Waals surface area (Å²) in [6.07, 6.45) is -9.25. The quantitative estimate of drug-likeness (QED) is 0.685. The Kier molecular flexibility index (Phi) is 3.40. The van der Waals surface area contributed by atoms with Gasteiger partial charge in [-0.05, 0) is 12.0 Å². The minimum atomic E-state index is -4.84. The van der Waals surface area contributed by atoms with Crippen LogP contribution in [0.3, 0.4) is 0 Å². The van der Waals surface area contributed by atoms with Crippen LogP contribution < -0.4 is 0 Å². The first kappa shape index (κ1) is 13.8. The molecule has 0 N–H and O–H groups in total. The lowest BCUT2D eigenvalue weighted by atomic mass is 10.0. The van der Waals surface area contributed by atoms with Crippen molar-refractivity contribution < 1.29 is 26.3 Å². The average molecular weight is 257 g/mol. The average Bonchev–Trinajstić information content (AvgIpc) is 2.14. The maximum atomic E-state index is 12.6. The highest BCUT2D eigenvalue weighted by Crippen LogP contribution is 2.38. The van der Waals surface area contributed by atoms with Crippen LogP contribution in [0.25, 0.3) is 0 Å². The highest BCUT2D eigenvalue weighted by Gasteiger charge is 2.39. The van der Waals surface area contributed by atoms with Crippen LogP contribution in [0.5, 0.6) is 0 Å². The lowest BCUT2D eigenvalue weighted by molar-refractivity contribution is -0.144. The summed E-state index contributed by atoms with van der Waals surface area (Å²) in [4.78, 5) is 3.27. The van der Waals surface area contributed by atoms with Crippen molar-refractivity contribution in [2.45, 2.75) is 32.1 Å². The molecule has 0 saturated carbocycles. The molecule has 0 spiro atoms. The number of alkyl halides is 6. The molecule has 0 amide bonds. The minimum absolute atomic E-state index is 0.0995. The first-order chi connectivity index (χ1) is 7.53. The lowest BCUT2D eigenvalue weighted by Crippen LogP contribution is -2.15. The standard InChI is InChI=1S/C10H9F6N/c1-5(2)8-7(10(14,15)16)3-6(4-17-8)9(11,12)13/h3-5H,1-2H3. The summed E-state index contributed by atoms with van der Waals surface area (Å²) in [5.41, 5.74) is -3.11. The molecule has 1 aromatic heterocycles. The molecule has 0 saturated heterocycles. The van der Waals surface area contributed by atoms with Gasteiger partial charge in [0.15, 0.2) is 0 Å². The first-order valence-corrected chi connectivity index (χ1v) is 4.68. The van der Waals surface area contributed by atoms with Gasteiger partial charge in [-0.3, -0.25) is 4.98 Å². The van der Waals surface area contributed by atoms with Gasteiger partial charge in [0.25, 0.3) is 0 Å². The Morgan fingerprint density at radius 1 is 1.00 bits per heavy atom. The summed E-state index contributed by atoms with van der Waals surface area (Å²) in [7, 11) is 0. The minimum Gasteiger partial charge on any atom is -0.260 e. The summed E-state index contributed by atoms with van der Waals surface area (Å²) in [6.45, 7) is 2.87. The van der Waals surface area contributed by atoms with Gasteiger partial charge in [-0.15, -0.1) is 0 Å². The molecule has 0 aromatic carbocycles. The van der Waals surface area contributed by atoms with Crippen LogP contribution in [0, 0.1) is 0 Å². The third-order valence-electron chi connectivity index (χ3n) is 2.10. The zero-order valence-corrected chi connectivity index (χ0v) is 8.95. The van der Waals surface area contributed by atoms with E-state index >= 15 is 0 Å². The van der Waals surface area contributed by atoms with Crippen molar-refractivity contribution in [2.24, 2.45) is 0 Å². The molecule has 1 rings (SSSR count). The van der Waals surface area contributed by atoms with Crippen molar-refractivity contribution in [3.8, 4) is 0 Å². The molecule has 17 heavy (non-hydrogen) atoms. The number of nitrogens with zero attached hydrogens (tertiary/aromatic N) is 1. The Bertz CT molecular complexity index is 404. The van der Waals surface area contributed by atoms with Crippen LogP contribution in [0.15, 0.2) is 12.3 Å². The van der Waals surface area contributed by atoms with Gasteiger partial charge >= 0.3 is 12.4 Å². The Balaban J connectivity index is 3.41. The molecule has 1 heterocycles. The molecule has 0 aliphatic carbocycles. The van der Waals surface area contributed by atoms with E-state index in [1.54, 1.807) is 0 Å². The summed E-state index contributed by atoms with van der Waals surface area (Å²) in [5.74, 6) is -0.603. The SMILES string of the molecule is CC(C)c1ncc(C(F)(F)F)cc1C(F)(F)F. The fourth-order valence-electron chi connectivity index (χ4n) is 1.32. The van der Waals surface area contributed by atoms with E-state index in [0.717, 1.165) is 0 Å². The molecular formula is C10H9F6N. The Labute approximate surface area is 93.5 Å². The van der Waals surface area contributed by atoms with Gasteiger partial charge in [0.1, 0.15) is 0 Å². The molecule has 0 aliphatic heterocycles. The largest absolute Gasteiger partial charge is 0.418 e. The number of halogens is 6. The summed E-state index contributed by atoms with van der Waals surface area (Å²) >= 11 is 0. The predicted molar refractivity (Wildman–Crippen MR) is 48.3 cm³/mol. The van der Waals surface area contributed by atoms with E-state index in [2.05, 4.69) is 4.98 Å². The molecule has 0 atom stereocenters. The third kappa shape index (κ3) is 3.10. The van der Waals surface area contributed by atoms with E-state index in [0.29, 0.717) is 6.20 Å². The number of hydrogen-bond acceptors (Lipinski definition) is 1. The maximum Gasteiger partial charge on any atom is 0.418 e. The van der Waals surface area contributed by atoms with Gasteiger partial charge < -0.3 is 0 Å². The van der Waals surface area contributed by atoms with Crippen molar-refractivity contribution in [2.75, 3.05) is 0 Å². The van der Waals surface area contributed by atoms with Crippen LogP contribution in [0.2, 0.25) is 0 Å². The smallest absolute Gasteiger partial charge is 0.260 e. The fourth-order valence-corrected chi connectivity index (χ4v) is 1.32. The molecule has 1 aromatic rings. The van der Waals surface area contributed by atoms with E-state index in [-0.39, 0.29) is 11.8 Å². The van der Waals surface area contributed by atoms with Gasteiger partial charge in [-0.2, -0.15) is 26.3 Å².